The van der Waals surface area contributed by atoms with Gasteiger partial charge in [-0.15, -0.1) is 0 Å². The van der Waals surface area contributed by atoms with Crippen molar-refractivity contribution in [1.82, 2.24) is 4.90 Å². The lowest BCUT2D eigenvalue weighted by Crippen LogP contribution is -2.26. The van der Waals surface area contributed by atoms with Crippen LogP contribution in [0.25, 0.3) is 0 Å². The molecule has 0 bridgehead atoms. The zero-order valence-corrected chi connectivity index (χ0v) is 37.1. The standard InChI is InChI=1S/C47H91NO8/c1-4-7-8-9-10-11-23-26-29-32-37-44(55-47(52)53-42-36-41-48(5-2)6-3)38-35-43-54-56-46(51)40-34-31-28-25-22-20-18-16-14-12-13-15-17-19-21-24-27-30-33-39-45(49)50/h44H,4-43H2,1-3H3,(H,49,50). The van der Waals surface area contributed by atoms with Gasteiger partial charge in [0.2, 0.25) is 0 Å². The molecule has 0 aromatic heterocycles. The Labute approximate surface area is 345 Å². The van der Waals surface area contributed by atoms with Crippen molar-refractivity contribution in [2.45, 2.75) is 252 Å². The molecule has 9 nitrogen and oxygen atoms in total. The summed E-state index contributed by atoms with van der Waals surface area (Å²) in [6, 6.07) is 0. The Morgan fingerprint density at radius 2 is 0.893 bits per heavy atom. The highest BCUT2D eigenvalue weighted by molar-refractivity contribution is 5.68. The molecule has 0 amide bonds. The quantitative estimate of drug-likeness (QED) is 0.0278. The largest absolute Gasteiger partial charge is 0.508 e. The number of nitrogens with zero attached hydrogens (tertiary/aromatic N) is 1. The summed E-state index contributed by atoms with van der Waals surface area (Å²) in [5.74, 6) is -0.976. The van der Waals surface area contributed by atoms with Crippen molar-refractivity contribution in [2.24, 2.45) is 0 Å². The van der Waals surface area contributed by atoms with Crippen molar-refractivity contribution in [3.63, 3.8) is 0 Å². The summed E-state index contributed by atoms with van der Waals surface area (Å²) >= 11 is 0. The summed E-state index contributed by atoms with van der Waals surface area (Å²) in [6.07, 6.45) is 38.7. The van der Waals surface area contributed by atoms with Gasteiger partial charge in [0, 0.05) is 19.4 Å². The molecule has 0 rings (SSSR count). The maximum atomic E-state index is 12.5. The van der Waals surface area contributed by atoms with Crippen molar-refractivity contribution in [3.05, 3.63) is 0 Å². The van der Waals surface area contributed by atoms with E-state index in [9.17, 15) is 14.4 Å². The zero-order chi connectivity index (χ0) is 41.0. The molecular formula is C47H91NO8. The number of carboxylic acids is 1. The molecule has 0 radical (unpaired) electrons. The minimum atomic E-state index is -0.672. The molecule has 9 heteroatoms. The molecule has 0 saturated heterocycles. The second kappa shape index (κ2) is 44.2. The van der Waals surface area contributed by atoms with Gasteiger partial charge in [-0.05, 0) is 58.0 Å². The fourth-order valence-corrected chi connectivity index (χ4v) is 7.34. The molecular weight excluding hydrogens is 707 g/mol. The lowest BCUT2D eigenvalue weighted by Gasteiger charge is -2.19. The van der Waals surface area contributed by atoms with Gasteiger partial charge < -0.3 is 19.5 Å². The van der Waals surface area contributed by atoms with Gasteiger partial charge >= 0.3 is 18.1 Å². The summed E-state index contributed by atoms with van der Waals surface area (Å²) in [7, 11) is 0. The van der Waals surface area contributed by atoms with E-state index in [1.807, 2.05) is 0 Å². The summed E-state index contributed by atoms with van der Waals surface area (Å²) < 4.78 is 11.1. The fraction of sp³-hybridized carbons (Fsp3) is 0.936. The van der Waals surface area contributed by atoms with Crippen LogP contribution in [0.5, 0.6) is 0 Å². The summed E-state index contributed by atoms with van der Waals surface area (Å²) in [4.78, 5) is 47.7. The number of hydrogen-bond acceptors (Lipinski definition) is 8. The highest BCUT2D eigenvalue weighted by Gasteiger charge is 2.16. The molecule has 332 valence electrons. The predicted octanol–water partition coefficient (Wildman–Crippen LogP) is 14.1. The van der Waals surface area contributed by atoms with Crippen LogP contribution < -0.4 is 0 Å². The number of hydrogen-bond donors (Lipinski definition) is 1. The van der Waals surface area contributed by atoms with Gasteiger partial charge in [0.05, 0.1) is 13.2 Å². The Bertz CT molecular complexity index is 852. The first kappa shape index (κ1) is 54.1. The van der Waals surface area contributed by atoms with Crippen molar-refractivity contribution in [3.8, 4) is 0 Å². The monoisotopic (exact) mass is 798 g/mol. The summed E-state index contributed by atoms with van der Waals surface area (Å²) in [5.41, 5.74) is 0. The van der Waals surface area contributed by atoms with E-state index in [1.165, 1.54) is 141 Å². The van der Waals surface area contributed by atoms with Gasteiger partial charge in [0.1, 0.15) is 6.10 Å². The minimum absolute atomic E-state index is 0.217. The van der Waals surface area contributed by atoms with Crippen LogP contribution in [0.2, 0.25) is 0 Å². The predicted molar refractivity (Wildman–Crippen MR) is 231 cm³/mol. The molecule has 0 aromatic carbocycles. The van der Waals surface area contributed by atoms with Gasteiger partial charge in [-0.2, -0.15) is 4.89 Å². The average Bonchev–Trinajstić information content (AvgIpc) is 3.18. The zero-order valence-electron chi connectivity index (χ0n) is 37.1. The minimum Gasteiger partial charge on any atom is -0.481 e. The van der Waals surface area contributed by atoms with Crippen LogP contribution >= 0.6 is 0 Å². The van der Waals surface area contributed by atoms with E-state index in [4.69, 9.17) is 24.4 Å². The number of carboxylic acid groups (broad SMARTS) is 1. The second-order valence-electron chi connectivity index (χ2n) is 16.2. The van der Waals surface area contributed by atoms with E-state index in [1.54, 1.807) is 0 Å². The van der Waals surface area contributed by atoms with Crippen LogP contribution in [0, 0.1) is 0 Å². The molecule has 0 aromatic rings. The van der Waals surface area contributed by atoms with E-state index in [0.717, 1.165) is 77.4 Å². The molecule has 0 spiro atoms. The van der Waals surface area contributed by atoms with E-state index in [0.29, 0.717) is 38.9 Å². The van der Waals surface area contributed by atoms with E-state index in [2.05, 4.69) is 25.7 Å². The maximum absolute atomic E-state index is 12.5. The number of unbranched alkanes of at least 4 members (excludes halogenated alkanes) is 27. The topological polar surface area (TPSA) is 112 Å². The highest BCUT2D eigenvalue weighted by Crippen LogP contribution is 2.18. The van der Waals surface area contributed by atoms with E-state index in [-0.39, 0.29) is 12.1 Å². The van der Waals surface area contributed by atoms with Crippen molar-refractivity contribution in [1.29, 1.82) is 0 Å². The van der Waals surface area contributed by atoms with Crippen LogP contribution in [-0.2, 0) is 28.8 Å². The molecule has 0 saturated carbocycles. The Morgan fingerprint density at radius 3 is 1.34 bits per heavy atom. The third kappa shape index (κ3) is 41.8. The molecule has 0 fully saturated rings. The lowest BCUT2D eigenvalue weighted by molar-refractivity contribution is -0.273. The second-order valence-corrected chi connectivity index (χ2v) is 16.2. The van der Waals surface area contributed by atoms with Crippen LogP contribution in [0.4, 0.5) is 4.79 Å². The summed E-state index contributed by atoms with van der Waals surface area (Å²) in [6.45, 7) is 10.1. The average molecular weight is 798 g/mol. The lowest BCUT2D eigenvalue weighted by atomic mass is 10.0. The van der Waals surface area contributed by atoms with Gasteiger partial charge in [0.25, 0.3) is 0 Å². The first-order valence-corrected chi connectivity index (χ1v) is 24.0. The van der Waals surface area contributed by atoms with Crippen molar-refractivity contribution in [2.75, 3.05) is 32.8 Å². The SMILES string of the molecule is CCCCCCCCCCCCC(CCCOOC(=O)CCCCCCCCCCCCCCCCCCCCCC(=O)O)OC(=O)OCCCN(CC)CC. The van der Waals surface area contributed by atoms with Gasteiger partial charge in [-0.25, -0.2) is 9.59 Å². The number of rotatable bonds is 45. The highest BCUT2D eigenvalue weighted by atomic mass is 17.2. The van der Waals surface area contributed by atoms with Gasteiger partial charge in [-0.1, -0.05) is 188 Å². The molecule has 1 unspecified atom stereocenters. The van der Waals surface area contributed by atoms with Crippen LogP contribution in [-0.4, -0.2) is 67.1 Å². The Balaban J connectivity index is 3.87. The first-order valence-electron chi connectivity index (χ1n) is 24.0. The van der Waals surface area contributed by atoms with E-state index < -0.39 is 12.1 Å². The summed E-state index contributed by atoms with van der Waals surface area (Å²) in [5, 5.41) is 8.67. The van der Waals surface area contributed by atoms with Gasteiger partial charge in [0.15, 0.2) is 0 Å². The normalized spacial score (nSPS) is 11.9. The van der Waals surface area contributed by atoms with Crippen LogP contribution in [0.15, 0.2) is 0 Å². The number of ether oxygens (including phenoxy) is 2. The smallest absolute Gasteiger partial charge is 0.481 e. The van der Waals surface area contributed by atoms with Crippen molar-refractivity contribution >= 4 is 18.1 Å². The Hall–Kier alpha value is -1.87. The molecule has 1 N–H and O–H groups in total. The number of carbonyl (C=O) groups excluding carboxylic acids is 2. The molecule has 1 atom stereocenters. The molecule has 0 aliphatic heterocycles. The van der Waals surface area contributed by atoms with Crippen LogP contribution in [0.1, 0.15) is 245 Å². The van der Waals surface area contributed by atoms with Crippen LogP contribution in [0.3, 0.4) is 0 Å². The third-order valence-electron chi connectivity index (χ3n) is 11.1. The fourth-order valence-electron chi connectivity index (χ4n) is 7.34. The van der Waals surface area contributed by atoms with Crippen molar-refractivity contribution < 1.29 is 38.7 Å². The first-order chi connectivity index (χ1) is 27.4. The maximum Gasteiger partial charge on any atom is 0.508 e. The number of carbonyl (C=O) groups is 3. The molecule has 0 aliphatic rings. The third-order valence-corrected chi connectivity index (χ3v) is 11.1. The van der Waals surface area contributed by atoms with Gasteiger partial charge in [-0.3, -0.25) is 9.68 Å². The Morgan fingerprint density at radius 1 is 0.482 bits per heavy atom. The molecule has 56 heavy (non-hydrogen) atoms. The van der Waals surface area contributed by atoms with E-state index >= 15 is 0 Å². The Kier molecular flexibility index (Phi) is 42.8. The number of aliphatic carboxylic acids is 1. The molecule has 0 aliphatic carbocycles. The molecule has 0 heterocycles.